The van der Waals surface area contributed by atoms with Gasteiger partial charge in [-0.2, -0.15) is 0 Å². The van der Waals surface area contributed by atoms with E-state index in [1.165, 1.54) is 16.7 Å². The molecule has 124 valence electrons. The number of carbonyl (C=O) groups excluding carboxylic acids is 2. The van der Waals surface area contributed by atoms with Crippen molar-refractivity contribution in [1.82, 2.24) is 10.2 Å². The number of nitrogens with one attached hydrogen (secondary N) is 1. The first kappa shape index (κ1) is 15.8. The van der Waals surface area contributed by atoms with Crippen LogP contribution in [-0.2, 0) is 16.0 Å². The first-order chi connectivity index (χ1) is 11.0. The normalized spacial score (nSPS) is 22.9. The predicted molar refractivity (Wildman–Crippen MR) is 87.1 cm³/mol. The van der Waals surface area contributed by atoms with E-state index >= 15 is 0 Å². The number of amides is 2. The van der Waals surface area contributed by atoms with Crippen LogP contribution in [0.4, 0.5) is 4.79 Å². The molecule has 0 spiro atoms. The van der Waals surface area contributed by atoms with Crippen molar-refractivity contribution in [3.05, 3.63) is 34.9 Å². The Bertz CT molecular complexity index is 614. The van der Waals surface area contributed by atoms with E-state index in [4.69, 9.17) is 4.74 Å². The number of hydrogen-bond donors (Lipinski definition) is 1. The fourth-order valence-electron chi connectivity index (χ4n) is 3.49. The lowest BCUT2D eigenvalue weighted by Gasteiger charge is -2.19. The highest BCUT2D eigenvalue weighted by molar-refractivity contribution is 5.77. The molecule has 0 bridgehead atoms. The summed E-state index contributed by atoms with van der Waals surface area (Å²) in [7, 11) is 0. The Morgan fingerprint density at radius 3 is 3.00 bits per heavy atom. The molecule has 1 aromatic rings. The van der Waals surface area contributed by atoms with E-state index in [9.17, 15) is 9.59 Å². The van der Waals surface area contributed by atoms with Crippen molar-refractivity contribution in [3.63, 3.8) is 0 Å². The molecule has 23 heavy (non-hydrogen) atoms. The van der Waals surface area contributed by atoms with E-state index in [1.54, 1.807) is 4.90 Å². The van der Waals surface area contributed by atoms with Gasteiger partial charge in [-0.05, 0) is 36.8 Å². The van der Waals surface area contributed by atoms with Gasteiger partial charge in [0.15, 0.2) is 0 Å². The van der Waals surface area contributed by atoms with Gasteiger partial charge in [-0.1, -0.05) is 30.7 Å². The highest BCUT2D eigenvalue weighted by Crippen LogP contribution is 2.36. The summed E-state index contributed by atoms with van der Waals surface area (Å²) in [5.74, 6) is 0.480. The number of nitrogens with zero attached hydrogens (tertiary/aromatic N) is 1. The molecule has 2 amide bonds. The third-order valence-corrected chi connectivity index (χ3v) is 4.74. The molecule has 1 N–H and O–H groups in total. The van der Waals surface area contributed by atoms with Crippen LogP contribution < -0.4 is 5.32 Å². The monoisotopic (exact) mass is 316 g/mol. The van der Waals surface area contributed by atoms with Gasteiger partial charge in [0.25, 0.3) is 0 Å². The Morgan fingerprint density at radius 2 is 2.26 bits per heavy atom. The van der Waals surface area contributed by atoms with Crippen molar-refractivity contribution in [2.75, 3.05) is 19.7 Å². The highest BCUT2D eigenvalue weighted by atomic mass is 16.6. The number of aryl methyl sites for hydroxylation is 1. The third-order valence-electron chi connectivity index (χ3n) is 4.74. The molecular formula is C18H24N2O3. The second kappa shape index (κ2) is 6.60. The van der Waals surface area contributed by atoms with Crippen LogP contribution in [0.1, 0.15) is 42.5 Å². The maximum atomic E-state index is 12.2. The summed E-state index contributed by atoms with van der Waals surface area (Å²) in [4.78, 5) is 25.2. The zero-order valence-electron chi connectivity index (χ0n) is 13.8. The summed E-state index contributed by atoms with van der Waals surface area (Å²) in [5, 5.41) is 3.18. The number of carbonyl (C=O) groups is 2. The summed E-state index contributed by atoms with van der Waals surface area (Å²) >= 11 is 0. The Hall–Kier alpha value is -2.04. The lowest BCUT2D eigenvalue weighted by Crippen LogP contribution is -2.32. The van der Waals surface area contributed by atoms with Gasteiger partial charge in [0.2, 0.25) is 5.91 Å². The minimum Gasteiger partial charge on any atom is -0.448 e. The van der Waals surface area contributed by atoms with Crippen LogP contribution in [0.15, 0.2) is 18.2 Å². The van der Waals surface area contributed by atoms with Crippen LogP contribution in [0.3, 0.4) is 0 Å². The Balaban J connectivity index is 1.52. The molecule has 1 heterocycles. The maximum Gasteiger partial charge on any atom is 0.409 e. The molecular weight excluding hydrogens is 292 g/mol. The van der Waals surface area contributed by atoms with Crippen molar-refractivity contribution >= 4 is 12.0 Å². The largest absolute Gasteiger partial charge is 0.448 e. The van der Waals surface area contributed by atoms with Crippen molar-refractivity contribution < 1.29 is 14.3 Å². The Morgan fingerprint density at radius 1 is 1.43 bits per heavy atom. The van der Waals surface area contributed by atoms with Crippen molar-refractivity contribution in [1.29, 1.82) is 0 Å². The molecule has 1 aliphatic carbocycles. The number of ether oxygens (including phenoxy) is 1. The van der Waals surface area contributed by atoms with Crippen LogP contribution in [0.25, 0.3) is 0 Å². The zero-order valence-corrected chi connectivity index (χ0v) is 13.8. The maximum absolute atomic E-state index is 12.2. The summed E-state index contributed by atoms with van der Waals surface area (Å²) in [6.45, 7) is 5.94. The molecule has 2 atom stereocenters. The second-order valence-corrected chi connectivity index (χ2v) is 6.63. The van der Waals surface area contributed by atoms with E-state index in [2.05, 4.69) is 37.4 Å². The van der Waals surface area contributed by atoms with E-state index in [-0.39, 0.29) is 18.0 Å². The van der Waals surface area contributed by atoms with Gasteiger partial charge in [0.1, 0.15) is 6.61 Å². The minimum atomic E-state index is -0.265. The quantitative estimate of drug-likeness (QED) is 0.908. The minimum absolute atomic E-state index is 0.0590. The number of hydrogen-bond acceptors (Lipinski definition) is 3. The first-order valence-corrected chi connectivity index (χ1v) is 8.35. The molecule has 0 saturated carbocycles. The van der Waals surface area contributed by atoms with E-state index < -0.39 is 0 Å². The van der Waals surface area contributed by atoms with Gasteiger partial charge in [0, 0.05) is 13.0 Å². The van der Waals surface area contributed by atoms with Crippen molar-refractivity contribution in [2.24, 2.45) is 5.92 Å². The van der Waals surface area contributed by atoms with E-state index in [0.29, 0.717) is 38.5 Å². The van der Waals surface area contributed by atoms with Crippen LogP contribution >= 0.6 is 0 Å². The van der Waals surface area contributed by atoms with Crippen molar-refractivity contribution in [3.8, 4) is 0 Å². The fourth-order valence-corrected chi connectivity index (χ4v) is 3.49. The average Bonchev–Trinajstić information content (AvgIpc) is 3.04. The van der Waals surface area contributed by atoms with Gasteiger partial charge in [-0.15, -0.1) is 0 Å². The van der Waals surface area contributed by atoms with Crippen LogP contribution in [0.5, 0.6) is 0 Å². The van der Waals surface area contributed by atoms with Gasteiger partial charge in [0.05, 0.1) is 12.6 Å². The topological polar surface area (TPSA) is 58.6 Å². The number of benzene rings is 1. The van der Waals surface area contributed by atoms with E-state index in [0.717, 1.165) is 6.42 Å². The molecule has 3 rings (SSSR count). The van der Waals surface area contributed by atoms with Crippen molar-refractivity contribution in [2.45, 2.75) is 39.2 Å². The van der Waals surface area contributed by atoms with Crippen LogP contribution in [0, 0.1) is 12.8 Å². The molecule has 1 fully saturated rings. The summed E-state index contributed by atoms with van der Waals surface area (Å²) in [6, 6.07) is 6.59. The molecule has 2 aliphatic rings. The molecule has 1 aromatic carbocycles. The van der Waals surface area contributed by atoms with Crippen LogP contribution in [-0.4, -0.2) is 36.6 Å². The number of fused-ring (bicyclic) bond motifs is 1. The fraction of sp³-hybridized carbons (Fsp3) is 0.556. The van der Waals surface area contributed by atoms with Gasteiger partial charge in [-0.3, -0.25) is 4.79 Å². The number of rotatable bonds is 5. The molecule has 5 heteroatoms. The summed E-state index contributed by atoms with van der Waals surface area (Å²) in [6.07, 6.45) is 1.86. The molecule has 0 aromatic heterocycles. The SMILES string of the molecule is Cc1ccc2c(c1)[C@H](NC(=O)CCCN1CCOC1=O)[C@@H](C)C2. The van der Waals surface area contributed by atoms with Gasteiger partial charge in [-0.25, -0.2) is 4.79 Å². The number of cyclic esters (lactones) is 1. The summed E-state index contributed by atoms with van der Waals surface area (Å²) in [5.41, 5.74) is 3.83. The van der Waals surface area contributed by atoms with Gasteiger partial charge < -0.3 is 15.0 Å². The zero-order chi connectivity index (χ0) is 16.4. The lowest BCUT2D eigenvalue weighted by molar-refractivity contribution is -0.122. The Labute approximate surface area is 137 Å². The van der Waals surface area contributed by atoms with E-state index in [1.807, 2.05) is 0 Å². The highest BCUT2D eigenvalue weighted by Gasteiger charge is 2.30. The predicted octanol–water partition coefficient (Wildman–Crippen LogP) is 2.58. The molecule has 0 radical (unpaired) electrons. The smallest absolute Gasteiger partial charge is 0.409 e. The standard InChI is InChI=1S/C18H24N2O3/c1-12-5-6-14-11-13(2)17(15(14)10-12)19-16(21)4-3-7-20-8-9-23-18(20)22/h5-6,10,13,17H,3-4,7-9,11H2,1-2H3,(H,19,21)/t13-,17+/m0/s1. The second-order valence-electron chi connectivity index (χ2n) is 6.63. The van der Waals surface area contributed by atoms with Gasteiger partial charge >= 0.3 is 6.09 Å². The summed E-state index contributed by atoms with van der Waals surface area (Å²) < 4.78 is 4.88. The molecule has 5 nitrogen and oxygen atoms in total. The average molecular weight is 316 g/mol. The first-order valence-electron chi connectivity index (χ1n) is 8.35. The molecule has 1 saturated heterocycles. The lowest BCUT2D eigenvalue weighted by atomic mass is 10.0. The molecule has 1 aliphatic heterocycles. The third kappa shape index (κ3) is 3.49. The van der Waals surface area contributed by atoms with Crippen LogP contribution in [0.2, 0.25) is 0 Å². The Kier molecular flexibility index (Phi) is 4.55. The molecule has 0 unspecified atom stereocenters.